The zero-order valence-electron chi connectivity index (χ0n) is 28.7. The standard InChI is InChI=1S/C45H51N3/c46-30-38-28-29-40(41-19-11-10-18-39(38)41)33-24-20-31(21-25-33)32-22-26-36(27-23-32)44-42(34-12-4-1-5-13-34)43(35-14-6-2-7-15-35)47-45(48-44)37-16-8-3-9-17-37/h1,3-4,8-9,12,14,16,20,22,26,29,32-33,36-38H,2,5-7,10-11,13,15,17-19,21,23-25,27-28H2. The van der Waals surface area contributed by atoms with Gasteiger partial charge < -0.3 is 0 Å². The number of nitrogens with zero attached hydrogens (tertiary/aromatic N) is 3. The van der Waals surface area contributed by atoms with Crippen LogP contribution in [0.4, 0.5) is 0 Å². The van der Waals surface area contributed by atoms with Crippen LogP contribution in [-0.4, -0.2) is 9.97 Å². The smallest absolute Gasteiger partial charge is 0.136 e. The monoisotopic (exact) mass is 633 g/mol. The first-order chi connectivity index (χ1) is 23.8. The Labute approximate surface area is 288 Å². The molecule has 1 heterocycles. The molecule has 0 radical (unpaired) electrons. The van der Waals surface area contributed by atoms with Crippen LogP contribution in [0.15, 0.2) is 95.2 Å². The second-order valence-electron chi connectivity index (χ2n) is 15.2. The minimum Gasteiger partial charge on any atom is -0.236 e. The van der Waals surface area contributed by atoms with Crippen molar-refractivity contribution in [2.75, 3.05) is 0 Å². The molecule has 0 spiro atoms. The van der Waals surface area contributed by atoms with Crippen molar-refractivity contribution in [1.82, 2.24) is 9.97 Å². The van der Waals surface area contributed by atoms with Crippen molar-refractivity contribution in [2.45, 2.75) is 121 Å². The first kappa shape index (κ1) is 31.5. The molecular formula is C45H51N3. The summed E-state index contributed by atoms with van der Waals surface area (Å²) in [4.78, 5) is 10.9. The number of nitriles is 1. The van der Waals surface area contributed by atoms with Crippen LogP contribution >= 0.6 is 0 Å². The van der Waals surface area contributed by atoms with Gasteiger partial charge in [0.15, 0.2) is 0 Å². The minimum absolute atomic E-state index is 0.128. The summed E-state index contributed by atoms with van der Waals surface area (Å²) in [6.45, 7) is 0. The van der Waals surface area contributed by atoms with Crippen LogP contribution in [-0.2, 0) is 0 Å². The van der Waals surface area contributed by atoms with E-state index < -0.39 is 0 Å². The highest BCUT2D eigenvalue weighted by Crippen LogP contribution is 2.47. The molecule has 5 unspecified atom stereocenters. The molecule has 0 saturated heterocycles. The Morgan fingerprint density at radius 1 is 0.667 bits per heavy atom. The van der Waals surface area contributed by atoms with Gasteiger partial charge in [0.2, 0.25) is 0 Å². The molecule has 0 N–H and O–H groups in total. The van der Waals surface area contributed by atoms with Gasteiger partial charge in [-0.05, 0) is 149 Å². The van der Waals surface area contributed by atoms with Gasteiger partial charge >= 0.3 is 0 Å². The average Bonchev–Trinajstić information content (AvgIpc) is 3.18. The molecule has 0 aliphatic heterocycles. The van der Waals surface area contributed by atoms with Gasteiger partial charge in [-0.15, -0.1) is 0 Å². The highest BCUT2D eigenvalue weighted by Gasteiger charge is 2.33. The SMILES string of the molecule is N#CC1CC=C(C2CC=C(C3C=CC(c4nc(C5C=CC=CC5)nc(C5=CCCCC5)c4C4=CC=CCC4)CC3)CC2)C2=C1CCCC2. The highest BCUT2D eigenvalue weighted by atomic mass is 14.9. The number of allylic oxidation sites excluding steroid dienone is 18. The molecule has 7 aliphatic carbocycles. The van der Waals surface area contributed by atoms with Crippen molar-refractivity contribution in [3.63, 3.8) is 0 Å². The molecule has 0 bridgehead atoms. The van der Waals surface area contributed by atoms with Crippen LogP contribution in [0.5, 0.6) is 0 Å². The molecule has 246 valence electrons. The van der Waals surface area contributed by atoms with Crippen molar-refractivity contribution in [3.8, 4) is 6.07 Å². The van der Waals surface area contributed by atoms with Crippen molar-refractivity contribution in [2.24, 2.45) is 17.8 Å². The Morgan fingerprint density at radius 3 is 2.31 bits per heavy atom. The third-order valence-electron chi connectivity index (χ3n) is 12.3. The maximum atomic E-state index is 9.78. The van der Waals surface area contributed by atoms with E-state index in [-0.39, 0.29) is 11.8 Å². The van der Waals surface area contributed by atoms with Crippen LogP contribution in [0, 0.1) is 29.1 Å². The van der Waals surface area contributed by atoms with E-state index in [1.165, 1.54) is 85.0 Å². The van der Waals surface area contributed by atoms with Crippen molar-refractivity contribution in [1.29, 1.82) is 5.26 Å². The summed E-state index contributed by atoms with van der Waals surface area (Å²) in [5.41, 5.74) is 13.0. The summed E-state index contributed by atoms with van der Waals surface area (Å²) in [6, 6.07) is 2.61. The van der Waals surface area contributed by atoms with Crippen LogP contribution in [0.1, 0.15) is 144 Å². The molecule has 48 heavy (non-hydrogen) atoms. The molecule has 1 aromatic rings. The Balaban J connectivity index is 1.07. The fourth-order valence-corrected chi connectivity index (χ4v) is 9.64. The zero-order chi connectivity index (χ0) is 32.3. The molecule has 3 nitrogen and oxygen atoms in total. The summed E-state index contributed by atoms with van der Waals surface area (Å²) in [6.07, 6.45) is 48.1. The van der Waals surface area contributed by atoms with Crippen LogP contribution < -0.4 is 0 Å². The summed E-state index contributed by atoms with van der Waals surface area (Å²) in [5.74, 6) is 2.88. The van der Waals surface area contributed by atoms with Gasteiger partial charge in [-0.2, -0.15) is 5.26 Å². The quantitative estimate of drug-likeness (QED) is 0.293. The fourth-order valence-electron chi connectivity index (χ4n) is 9.64. The molecule has 3 heteroatoms. The summed E-state index contributed by atoms with van der Waals surface area (Å²) in [5, 5.41) is 9.78. The number of hydrogen-bond acceptors (Lipinski definition) is 3. The van der Waals surface area contributed by atoms with Gasteiger partial charge in [0.25, 0.3) is 0 Å². The van der Waals surface area contributed by atoms with Gasteiger partial charge in [0, 0.05) is 17.4 Å². The normalized spacial score (nSPS) is 30.2. The Hall–Kier alpha value is -3.77. The lowest BCUT2D eigenvalue weighted by Gasteiger charge is -2.35. The highest BCUT2D eigenvalue weighted by molar-refractivity contribution is 5.81. The van der Waals surface area contributed by atoms with Gasteiger partial charge in [0.05, 0.1) is 23.4 Å². The summed E-state index contributed by atoms with van der Waals surface area (Å²) in [7, 11) is 0. The topological polar surface area (TPSA) is 49.6 Å². The molecule has 1 aromatic heterocycles. The Kier molecular flexibility index (Phi) is 9.43. The molecule has 0 fully saturated rings. The molecule has 5 atom stereocenters. The minimum atomic E-state index is 0.128. The van der Waals surface area contributed by atoms with E-state index in [9.17, 15) is 5.26 Å². The summed E-state index contributed by atoms with van der Waals surface area (Å²) >= 11 is 0. The molecule has 0 saturated carbocycles. The Morgan fingerprint density at radius 2 is 1.56 bits per heavy atom. The summed E-state index contributed by atoms with van der Waals surface area (Å²) < 4.78 is 0. The maximum Gasteiger partial charge on any atom is 0.136 e. The molecular weight excluding hydrogens is 583 g/mol. The molecule has 0 amide bonds. The molecule has 7 aliphatic rings. The lowest BCUT2D eigenvalue weighted by Crippen LogP contribution is -2.21. The van der Waals surface area contributed by atoms with Gasteiger partial charge in [-0.25, -0.2) is 9.97 Å². The lowest BCUT2D eigenvalue weighted by molar-refractivity contribution is 0.472. The first-order valence-electron chi connectivity index (χ1n) is 19.3. The van der Waals surface area contributed by atoms with Crippen molar-refractivity contribution >= 4 is 11.1 Å². The first-order valence-corrected chi connectivity index (χ1v) is 19.3. The van der Waals surface area contributed by atoms with E-state index in [1.54, 1.807) is 16.7 Å². The van der Waals surface area contributed by atoms with Gasteiger partial charge in [-0.1, -0.05) is 78.5 Å². The second-order valence-corrected chi connectivity index (χ2v) is 15.2. The van der Waals surface area contributed by atoms with E-state index in [4.69, 9.17) is 9.97 Å². The van der Waals surface area contributed by atoms with Gasteiger partial charge in [-0.3, -0.25) is 0 Å². The molecule has 0 aromatic carbocycles. The third-order valence-corrected chi connectivity index (χ3v) is 12.3. The van der Waals surface area contributed by atoms with E-state index in [2.05, 4.69) is 79.0 Å². The maximum absolute atomic E-state index is 9.78. The predicted molar refractivity (Wildman–Crippen MR) is 198 cm³/mol. The second kappa shape index (κ2) is 14.4. The van der Waals surface area contributed by atoms with Gasteiger partial charge in [0.1, 0.15) is 5.82 Å². The van der Waals surface area contributed by atoms with Crippen molar-refractivity contribution < 1.29 is 0 Å². The van der Waals surface area contributed by atoms with E-state index in [0.29, 0.717) is 17.8 Å². The molecule has 8 rings (SSSR count). The van der Waals surface area contributed by atoms with Crippen LogP contribution in [0.25, 0.3) is 11.1 Å². The van der Waals surface area contributed by atoms with E-state index in [1.807, 2.05) is 0 Å². The number of aromatic nitrogens is 2. The average molecular weight is 634 g/mol. The predicted octanol–water partition coefficient (Wildman–Crippen LogP) is 11.9. The van der Waals surface area contributed by atoms with E-state index >= 15 is 0 Å². The largest absolute Gasteiger partial charge is 0.236 e. The van der Waals surface area contributed by atoms with E-state index in [0.717, 1.165) is 63.6 Å². The van der Waals surface area contributed by atoms with Crippen LogP contribution in [0.2, 0.25) is 0 Å². The number of hydrogen-bond donors (Lipinski definition) is 0. The Bertz CT molecular complexity index is 1740. The van der Waals surface area contributed by atoms with Crippen LogP contribution in [0.3, 0.4) is 0 Å². The fraction of sp³-hybridized carbons (Fsp3) is 0.489. The number of rotatable bonds is 6. The van der Waals surface area contributed by atoms with Crippen molar-refractivity contribution in [3.05, 3.63) is 118 Å². The lowest BCUT2D eigenvalue weighted by atomic mass is 9.69. The zero-order valence-corrected chi connectivity index (χ0v) is 28.7. The third kappa shape index (κ3) is 6.36.